The lowest BCUT2D eigenvalue weighted by Crippen LogP contribution is -2.52. The smallest absolute Gasteiger partial charge is 0.410 e. The van der Waals surface area contributed by atoms with Crippen LogP contribution in [0, 0.1) is 0 Å². The van der Waals surface area contributed by atoms with Gasteiger partial charge in [-0.15, -0.1) is 11.8 Å². The number of amides is 1. The van der Waals surface area contributed by atoms with Crippen molar-refractivity contribution in [1.82, 2.24) is 13.9 Å². The van der Waals surface area contributed by atoms with Crippen molar-refractivity contribution in [3.8, 4) is 0 Å². The van der Waals surface area contributed by atoms with Gasteiger partial charge in [0, 0.05) is 31.4 Å². The average molecular weight is 578 g/mol. The quantitative estimate of drug-likeness (QED) is 0.286. The molecule has 2 fully saturated rings. The lowest BCUT2D eigenvalue weighted by molar-refractivity contribution is 0.103. The van der Waals surface area contributed by atoms with Crippen LogP contribution in [0.3, 0.4) is 0 Å². The van der Waals surface area contributed by atoms with E-state index in [2.05, 4.69) is 84.1 Å². The SMILES string of the molecule is C=CCOC(=O)N1C[C@@H](SC(c2ccccc2)(c2ccccc2)c2ccccc2)C[C@H]1CN1CCCNS1(=O)=O. The summed E-state index contributed by atoms with van der Waals surface area (Å²) in [5, 5.41) is 0.0161. The highest BCUT2D eigenvalue weighted by Crippen LogP contribution is 2.52. The highest BCUT2D eigenvalue weighted by atomic mass is 32.2. The summed E-state index contributed by atoms with van der Waals surface area (Å²) in [6.07, 6.45) is 2.46. The maximum Gasteiger partial charge on any atom is 0.410 e. The van der Waals surface area contributed by atoms with E-state index in [-0.39, 0.29) is 24.4 Å². The molecule has 5 rings (SSSR count). The normalized spacial score (nSPS) is 21.1. The first-order chi connectivity index (χ1) is 19.4. The van der Waals surface area contributed by atoms with Gasteiger partial charge in [-0.25, -0.2) is 9.52 Å². The minimum absolute atomic E-state index is 0.0161. The summed E-state index contributed by atoms with van der Waals surface area (Å²) in [5.41, 5.74) is 3.43. The number of nitrogens with one attached hydrogen (secondary N) is 1. The van der Waals surface area contributed by atoms with E-state index in [0.717, 1.165) is 23.1 Å². The molecule has 1 amide bonds. The van der Waals surface area contributed by atoms with Gasteiger partial charge >= 0.3 is 6.09 Å². The topological polar surface area (TPSA) is 79.0 Å². The number of likely N-dealkylation sites (tertiary alicyclic amines) is 1. The zero-order valence-corrected chi connectivity index (χ0v) is 24.0. The zero-order chi connectivity index (χ0) is 28.0. The Kier molecular flexibility index (Phi) is 8.95. The molecule has 1 N–H and O–H groups in total. The predicted molar refractivity (Wildman–Crippen MR) is 160 cm³/mol. The molecule has 0 saturated carbocycles. The zero-order valence-electron chi connectivity index (χ0n) is 22.4. The van der Waals surface area contributed by atoms with Crippen LogP contribution in [-0.4, -0.2) is 67.8 Å². The third kappa shape index (κ3) is 5.98. The number of hydrogen-bond acceptors (Lipinski definition) is 5. The van der Waals surface area contributed by atoms with Crippen molar-refractivity contribution >= 4 is 28.1 Å². The molecule has 2 aliphatic heterocycles. The van der Waals surface area contributed by atoms with Gasteiger partial charge in [0.25, 0.3) is 10.2 Å². The molecule has 40 heavy (non-hydrogen) atoms. The molecule has 3 aromatic rings. The Bertz CT molecular complexity index is 1290. The molecule has 0 aliphatic carbocycles. The largest absolute Gasteiger partial charge is 0.445 e. The lowest BCUT2D eigenvalue weighted by atomic mass is 9.84. The van der Waals surface area contributed by atoms with E-state index in [1.165, 1.54) is 4.31 Å². The fraction of sp³-hybridized carbons (Fsp3) is 0.323. The lowest BCUT2D eigenvalue weighted by Gasteiger charge is -2.37. The first-order valence-electron chi connectivity index (χ1n) is 13.6. The van der Waals surface area contributed by atoms with E-state index in [9.17, 15) is 13.2 Å². The molecule has 2 heterocycles. The second kappa shape index (κ2) is 12.6. The second-order valence-corrected chi connectivity index (χ2v) is 13.3. The van der Waals surface area contributed by atoms with Crippen LogP contribution in [0.4, 0.5) is 4.79 Å². The fourth-order valence-electron chi connectivity index (χ4n) is 5.63. The first kappa shape index (κ1) is 28.4. The predicted octanol–water partition coefficient (Wildman–Crippen LogP) is 5.02. The van der Waals surface area contributed by atoms with Crippen molar-refractivity contribution in [2.45, 2.75) is 28.9 Å². The molecule has 0 radical (unpaired) electrons. The molecule has 210 valence electrons. The highest BCUT2D eigenvalue weighted by molar-refractivity contribution is 8.01. The number of ether oxygens (including phenoxy) is 1. The monoisotopic (exact) mass is 577 g/mol. The standard InChI is InChI=1S/C31H35N3O4S2/c1-2-21-38-30(35)34-24-29(22-28(34)23-33-20-12-19-32-40(33,36)37)39-31(25-13-6-3-7-14-25,26-15-8-4-9-16-26)27-17-10-5-11-18-27/h2-11,13-18,28-29,32H,1,12,19-24H2/t28-,29-/m0/s1. The van der Waals surface area contributed by atoms with Crippen molar-refractivity contribution in [1.29, 1.82) is 0 Å². The Hall–Kier alpha value is -3.11. The van der Waals surface area contributed by atoms with E-state index < -0.39 is 21.0 Å². The maximum absolute atomic E-state index is 13.2. The third-order valence-corrected chi connectivity index (χ3v) is 10.8. The van der Waals surface area contributed by atoms with Crippen LogP contribution in [0.25, 0.3) is 0 Å². The van der Waals surface area contributed by atoms with Crippen molar-refractivity contribution in [3.05, 3.63) is 120 Å². The molecule has 0 aromatic heterocycles. The Morgan fingerprint density at radius 3 is 2.02 bits per heavy atom. The van der Waals surface area contributed by atoms with Gasteiger partial charge in [-0.05, 0) is 29.5 Å². The van der Waals surface area contributed by atoms with Gasteiger partial charge in [-0.3, -0.25) is 0 Å². The molecule has 2 saturated heterocycles. The van der Waals surface area contributed by atoms with Crippen LogP contribution >= 0.6 is 11.8 Å². The van der Waals surface area contributed by atoms with E-state index in [4.69, 9.17) is 4.74 Å². The van der Waals surface area contributed by atoms with Crippen molar-refractivity contribution in [3.63, 3.8) is 0 Å². The minimum atomic E-state index is -3.58. The van der Waals surface area contributed by atoms with E-state index in [1.807, 2.05) is 30.0 Å². The maximum atomic E-state index is 13.2. The second-order valence-electron chi connectivity index (χ2n) is 10.0. The van der Waals surface area contributed by atoms with E-state index in [1.54, 1.807) is 11.0 Å². The molecule has 7 nitrogen and oxygen atoms in total. The van der Waals surface area contributed by atoms with Gasteiger partial charge in [0.2, 0.25) is 0 Å². The van der Waals surface area contributed by atoms with Crippen LogP contribution < -0.4 is 4.72 Å². The molecule has 0 unspecified atom stereocenters. The Morgan fingerprint density at radius 1 is 0.975 bits per heavy atom. The van der Waals surface area contributed by atoms with Gasteiger partial charge < -0.3 is 9.64 Å². The van der Waals surface area contributed by atoms with Gasteiger partial charge in [0.1, 0.15) is 6.61 Å². The summed E-state index contributed by atoms with van der Waals surface area (Å²) >= 11 is 1.82. The van der Waals surface area contributed by atoms with Crippen LogP contribution in [-0.2, 0) is 19.7 Å². The van der Waals surface area contributed by atoms with Crippen LogP contribution in [0.5, 0.6) is 0 Å². The summed E-state index contributed by atoms with van der Waals surface area (Å²) in [7, 11) is -3.58. The Balaban J connectivity index is 1.53. The van der Waals surface area contributed by atoms with Crippen molar-refractivity contribution in [2.24, 2.45) is 0 Å². The molecular weight excluding hydrogens is 542 g/mol. The fourth-order valence-corrected chi connectivity index (χ4v) is 8.83. The Labute approximate surface area is 241 Å². The molecule has 0 bridgehead atoms. The van der Waals surface area contributed by atoms with Crippen molar-refractivity contribution in [2.75, 3.05) is 32.8 Å². The summed E-state index contributed by atoms with van der Waals surface area (Å²) in [6.45, 7) is 5.30. The van der Waals surface area contributed by atoms with Gasteiger partial charge in [-0.2, -0.15) is 12.7 Å². The summed E-state index contributed by atoms with van der Waals surface area (Å²) < 4.78 is 34.5. The number of carbonyl (C=O) groups excluding carboxylic acids is 1. The number of rotatable bonds is 9. The van der Waals surface area contributed by atoms with Gasteiger partial charge in [-0.1, -0.05) is 104 Å². The van der Waals surface area contributed by atoms with Gasteiger partial charge in [0.05, 0.1) is 10.8 Å². The molecule has 9 heteroatoms. The van der Waals surface area contributed by atoms with Crippen LogP contribution in [0.15, 0.2) is 104 Å². The Morgan fingerprint density at radius 2 is 1.52 bits per heavy atom. The van der Waals surface area contributed by atoms with Crippen LogP contribution in [0.1, 0.15) is 29.5 Å². The summed E-state index contributed by atoms with van der Waals surface area (Å²) in [4.78, 5) is 14.9. The average Bonchev–Trinajstić information content (AvgIpc) is 3.39. The molecule has 0 spiro atoms. The number of nitrogens with zero attached hydrogens (tertiary/aromatic N) is 2. The van der Waals surface area contributed by atoms with E-state index in [0.29, 0.717) is 26.1 Å². The van der Waals surface area contributed by atoms with Crippen molar-refractivity contribution < 1.29 is 17.9 Å². The van der Waals surface area contributed by atoms with Crippen LogP contribution in [0.2, 0.25) is 0 Å². The molecule has 3 aromatic carbocycles. The minimum Gasteiger partial charge on any atom is -0.445 e. The third-order valence-electron chi connectivity index (χ3n) is 7.44. The first-order valence-corrected chi connectivity index (χ1v) is 15.9. The highest BCUT2D eigenvalue weighted by Gasteiger charge is 2.45. The number of carbonyl (C=O) groups is 1. The molecular formula is C31H35N3O4S2. The number of thioether (sulfide) groups is 1. The van der Waals surface area contributed by atoms with Gasteiger partial charge in [0.15, 0.2) is 0 Å². The molecule has 2 atom stereocenters. The summed E-state index contributed by atoms with van der Waals surface area (Å²) in [5.74, 6) is 0. The van der Waals surface area contributed by atoms with E-state index >= 15 is 0 Å². The summed E-state index contributed by atoms with van der Waals surface area (Å²) in [6, 6.07) is 31.0. The number of benzene rings is 3. The molecule has 2 aliphatic rings. The number of hydrogen-bond donors (Lipinski definition) is 1.